The number of alkyl carbamates (subject to hydrolysis) is 1. The Kier molecular flexibility index (Phi) is 8.22. The molecule has 0 saturated heterocycles. The van der Waals surface area contributed by atoms with Crippen LogP contribution in [0.3, 0.4) is 0 Å². The number of esters is 1. The number of hydrogen-bond donors (Lipinski definition) is 1. The Morgan fingerprint density at radius 2 is 1.93 bits per heavy atom. The molecule has 2 aliphatic rings. The molecule has 0 bridgehead atoms. The molecule has 0 heterocycles. The maximum absolute atomic E-state index is 12.6. The summed E-state index contributed by atoms with van der Waals surface area (Å²) in [6.07, 6.45) is 9.56. The van der Waals surface area contributed by atoms with E-state index in [0.29, 0.717) is 12.3 Å². The maximum atomic E-state index is 12.6. The van der Waals surface area contributed by atoms with Gasteiger partial charge in [-0.1, -0.05) is 55.8 Å². The predicted molar refractivity (Wildman–Crippen MR) is 113 cm³/mol. The van der Waals surface area contributed by atoms with Crippen molar-refractivity contribution in [3.05, 3.63) is 34.9 Å². The average Bonchev–Trinajstić information content (AvgIpc) is 3.14. The van der Waals surface area contributed by atoms with Gasteiger partial charge in [0.2, 0.25) is 0 Å². The molecule has 1 aromatic carbocycles. The van der Waals surface area contributed by atoms with Crippen LogP contribution in [0.25, 0.3) is 0 Å². The summed E-state index contributed by atoms with van der Waals surface area (Å²) < 4.78 is 10.7. The molecular formula is C23H32ClNO4. The second-order valence-corrected chi connectivity index (χ2v) is 8.87. The predicted octanol–water partition coefficient (Wildman–Crippen LogP) is 5.29. The zero-order valence-corrected chi connectivity index (χ0v) is 18.0. The van der Waals surface area contributed by atoms with Crippen LogP contribution in [0.4, 0.5) is 4.79 Å². The highest BCUT2D eigenvalue weighted by atomic mass is 35.5. The fourth-order valence-corrected chi connectivity index (χ4v) is 5.00. The lowest BCUT2D eigenvalue weighted by molar-refractivity contribution is -0.143. The van der Waals surface area contributed by atoms with Crippen LogP contribution >= 0.6 is 11.6 Å². The number of benzene rings is 1. The van der Waals surface area contributed by atoms with Gasteiger partial charge in [0, 0.05) is 10.9 Å². The number of ether oxygens (including phenoxy) is 2. The van der Waals surface area contributed by atoms with Gasteiger partial charge in [0.1, 0.15) is 12.1 Å². The summed E-state index contributed by atoms with van der Waals surface area (Å²) in [5, 5.41) is 3.50. The lowest BCUT2D eigenvalue weighted by atomic mass is 9.85. The molecule has 6 heteroatoms. The van der Waals surface area contributed by atoms with E-state index in [1.165, 1.54) is 26.4 Å². The van der Waals surface area contributed by atoms with Crippen molar-refractivity contribution >= 4 is 23.7 Å². The smallest absolute Gasteiger partial charge is 0.408 e. The minimum atomic E-state index is -0.636. The van der Waals surface area contributed by atoms with E-state index < -0.39 is 18.1 Å². The van der Waals surface area contributed by atoms with E-state index in [1.807, 2.05) is 18.2 Å². The normalized spacial score (nSPS) is 23.4. The van der Waals surface area contributed by atoms with Gasteiger partial charge in [0.25, 0.3) is 0 Å². The van der Waals surface area contributed by atoms with Crippen LogP contribution in [0, 0.1) is 11.8 Å². The second kappa shape index (κ2) is 10.9. The van der Waals surface area contributed by atoms with E-state index in [1.54, 1.807) is 0 Å². The zero-order chi connectivity index (χ0) is 20.6. The van der Waals surface area contributed by atoms with Gasteiger partial charge in [-0.2, -0.15) is 0 Å². The Morgan fingerprint density at radius 3 is 2.66 bits per heavy atom. The van der Waals surface area contributed by atoms with Crippen molar-refractivity contribution in [2.24, 2.45) is 11.8 Å². The van der Waals surface area contributed by atoms with Crippen molar-refractivity contribution in [1.29, 1.82) is 0 Å². The molecule has 0 spiro atoms. The van der Waals surface area contributed by atoms with Crippen molar-refractivity contribution in [2.75, 3.05) is 7.11 Å². The van der Waals surface area contributed by atoms with Gasteiger partial charge in [0.15, 0.2) is 0 Å². The van der Waals surface area contributed by atoms with Crippen molar-refractivity contribution in [2.45, 2.75) is 76.4 Å². The van der Waals surface area contributed by atoms with Crippen LogP contribution in [0.1, 0.15) is 63.4 Å². The molecule has 1 aromatic rings. The number of nitrogens with one attached hydrogen (secondary N) is 1. The van der Waals surface area contributed by atoms with Crippen LogP contribution < -0.4 is 5.32 Å². The van der Waals surface area contributed by atoms with E-state index >= 15 is 0 Å². The van der Waals surface area contributed by atoms with Crippen molar-refractivity contribution in [1.82, 2.24) is 5.32 Å². The highest BCUT2D eigenvalue weighted by Crippen LogP contribution is 2.32. The first-order chi connectivity index (χ1) is 14.0. The fraction of sp³-hybridized carbons (Fsp3) is 0.652. The first-order valence-electron chi connectivity index (χ1n) is 10.8. The van der Waals surface area contributed by atoms with Crippen molar-refractivity contribution in [3.8, 4) is 0 Å². The van der Waals surface area contributed by atoms with E-state index in [9.17, 15) is 9.59 Å². The molecule has 0 aliphatic heterocycles. The van der Waals surface area contributed by atoms with Crippen LogP contribution in [0.5, 0.6) is 0 Å². The maximum Gasteiger partial charge on any atom is 0.408 e. The summed E-state index contributed by atoms with van der Waals surface area (Å²) in [5.74, 6) is 0.332. The third-order valence-corrected chi connectivity index (χ3v) is 6.54. The van der Waals surface area contributed by atoms with Gasteiger partial charge in [0.05, 0.1) is 7.11 Å². The largest absolute Gasteiger partial charge is 0.467 e. The summed E-state index contributed by atoms with van der Waals surface area (Å²) in [6, 6.07) is 7.19. The third-order valence-electron chi connectivity index (χ3n) is 6.31. The Balaban J connectivity index is 1.54. The van der Waals surface area contributed by atoms with Gasteiger partial charge in [-0.15, -0.1) is 0 Å². The number of carbonyl (C=O) groups is 2. The molecule has 2 fully saturated rings. The molecule has 0 aromatic heterocycles. The van der Waals surface area contributed by atoms with Crippen LogP contribution in [-0.2, 0) is 20.7 Å². The highest BCUT2D eigenvalue weighted by Gasteiger charge is 2.33. The number of methoxy groups -OCH3 is 1. The van der Waals surface area contributed by atoms with Gasteiger partial charge < -0.3 is 14.8 Å². The van der Waals surface area contributed by atoms with Gasteiger partial charge in [-0.3, -0.25) is 0 Å². The molecule has 3 atom stereocenters. The summed E-state index contributed by atoms with van der Waals surface area (Å²) in [5.41, 5.74) is 1.16. The van der Waals surface area contributed by atoms with Gasteiger partial charge in [-0.25, -0.2) is 9.59 Å². The molecule has 1 N–H and O–H groups in total. The topological polar surface area (TPSA) is 64.6 Å². The van der Waals surface area contributed by atoms with Crippen molar-refractivity contribution in [3.63, 3.8) is 0 Å². The zero-order valence-electron chi connectivity index (χ0n) is 17.2. The Labute approximate surface area is 178 Å². The van der Waals surface area contributed by atoms with E-state index in [2.05, 4.69) is 11.4 Å². The van der Waals surface area contributed by atoms with Crippen LogP contribution in [0.15, 0.2) is 24.3 Å². The summed E-state index contributed by atoms with van der Waals surface area (Å²) in [4.78, 5) is 24.8. The Hall–Kier alpha value is -1.75. The SMILES string of the molecule is COC(=O)[C@H](CC1CCCCC1)NC(=O)OC1CCCC1Cc1cccc(Cl)c1. The number of amides is 1. The third kappa shape index (κ3) is 6.63. The van der Waals surface area contributed by atoms with E-state index in [-0.39, 0.29) is 12.0 Å². The minimum absolute atomic E-state index is 0.137. The van der Waals surface area contributed by atoms with E-state index in [0.717, 1.165) is 49.1 Å². The first kappa shape index (κ1) is 21.9. The molecule has 29 heavy (non-hydrogen) atoms. The number of hydrogen-bond acceptors (Lipinski definition) is 4. The lowest BCUT2D eigenvalue weighted by Gasteiger charge is -2.26. The standard InChI is InChI=1S/C23H32ClNO4/c1-28-22(26)20(15-16-7-3-2-4-8-16)25-23(27)29-21-12-6-10-18(21)13-17-9-5-11-19(24)14-17/h5,9,11,14,16,18,20-21H,2-4,6-8,10,12-13,15H2,1H3,(H,25,27)/t18?,20-,21?/m0/s1. The molecule has 0 radical (unpaired) electrons. The molecule has 160 valence electrons. The minimum Gasteiger partial charge on any atom is -0.467 e. The number of carbonyl (C=O) groups excluding carboxylic acids is 2. The molecule has 3 rings (SSSR count). The molecule has 2 aliphatic carbocycles. The summed E-state index contributed by atoms with van der Waals surface area (Å²) in [6.45, 7) is 0. The van der Waals surface area contributed by atoms with Crippen LogP contribution in [-0.4, -0.2) is 31.3 Å². The summed E-state index contributed by atoms with van der Waals surface area (Å²) in [7, 11) is 1.36. The average molecular weight is 422 g/mol. The summed E-state index contributed by atoms with van der Waals surface area (Å²) >= 11 is 6.09. The fourth-order valence-electron chi connectivity index (χ4n) is 4.78. The molecule has 5 nitrogen and oxygen atoms in total. The first-order valence-corrected chi connectivity index (χ1v) is 11.2. The molecule has 2 unspecified atom stereocenters. The van der Waals surface area contributed by atoms with Crippen LogP contribution in [0.2, 0.25) is 5.02 Å². The molecule has 1 amide bonds. The Bertz CT molecular complexity index is 689. The number of rotatable bonds is 7. The molecule has 2 saturated carbocycles. The lowest BCUT2D eigenvalue weighted by Crippen LogP contribution is -2.44. The number of halogens is 1. The second-order valence-electron chi connectivity index (χ2n) is 8.43. The quantitative estimate of drug-likeness (QED) is 0.607. The monoisotopic (exact) mass is 421 g/mol. The highest BCUT2D eigenvalue weighted by molar-refractivity contribution is 6.30. The Morgan fingerprint density at radius 1 is 1.14 bits per heavy atom. The van der Waals surface area contributed by atoms with Gasteiger partial charge >= 0.3 is 12.1 Å². The van der Waals surface area contributed by atoms with Gasteiger partial charge in [-0.05, 0) is 55.7 Å². The van der Waals surface area contributed by atoms with Crippen molar-refractivity contribution < 1.29 is 19.1 Å². The molecular weight excluding hydrogens is 390 g/mol. The van der Waals surface area contributed by atoms with E-state index in [4.69, 9.17) is 21.1 Å².